The summed E-state index contributed by atoms with van der Waals surface area (Å²) >= 11 is 0. The molecule has 0 N–H and O–H groups in total. The molecule has 0 amide bonds. The van der Waals surface area contributed by atoms with Gasteiger partial charge in [0.1, 0.15) is 0 Å². The van der Waals surface area contributed by atoms with Crippen LogP contribution in [0.3, 0.4) is 0 Å². The van der Waals surface area contributed by atoms with Crippen molar-refractivity contribution in [1.29, 1.82) is 0 Å². The summed E-state index contributed by atoms with van der Waals surface area (Å²) in [7, 11) is 0.0346. The monoisotopic (exact) mass is 440 g/mol. The standard InChI is InChI=1S/C27H49P.ClH/c1-28(2)26-22-17-15-13-11-9-7-5-3-4-6-8-10-12-14-16-19-23-27-24-20-18-21-25-27;/h18,20-21,24-25H,3-17,19,22-23,26H2,1-2H3;1H. The summed E-state index contributed by atoms with van der Waals surface area (Å²) in [5.74, 6) is 0. The van der Waals surface area contributed by atoms with Crippen LogP contribution in [0.15, 0.2) is 30.3 Å². The molecule has 0 saturated carbocycles. The predicted molar refractivity (Wildman–Crippen MR) is 134 cm³/mol. The topological polar surface area (TPSA) is 0 Å². The van der Waals surface area contributed by atoms with E-state index in [4.69, 9.17) is 0 Å². The van der Waals surface area contributed by atoms with E-state index < -0.39 is 0 Å². The first kappa shape index (κ1) is 28.9. The Morgan fingerprint density at radius 1 is 0.483 bits per heavy atom. The first-order chi connectivity index (χ1) is 13.8. The number of hydrogen-bond donors (Lipinski definition) is 0. The van der Waals surface area contributed by atoms with Crippen molar-refractivity contribution in [2.75, 3.05) is 19.5 Å². The highest BCUT2D eigenvalue weighted by Crippen LogP contribution is 2.26. The second kappa shape index (κ2) is 22.6. The van der Waals surface area contributed by atoms with Crippen molar-refractivity contribution < 1.29 is 12.4 Å². The summed E-state index contributed by atoms with van der Waals surface area (Å²) < 4.78 is 0. The van der Waals surface area contributed by atoms with Gasteiger partial charge in [-0.25, -0.2) is 0 Å². The molecule has 1 aromatic carbocycles. The van der Waals surface area contributed by atoms with Gasteiger partial charge in [-0.1, -0.05) is 120 Å². The van der Waals surface area contributed by atoms with Crippen molar-refractivity contribution in [3.8, 4) is 0 Å². The van der Waals surface area contributed by atoms with Gasteiger partial charge in [0.25, 0.3) is 0 Å². The molecule has 0 aromatic heterocycles. The molecule has 0 bridgehead atoms. The van der Waals surface area contributed by atoms with E-state index in [9.17, 15) is 0 Å². The van der Waals surface area contributed by atoms with E-state index in [0.29, 0.717) is 0 Å². The van der Waals surface area contributed by atoms with Crippen molar-refractivity contribution in [3.05, 3.63) is 35.9 Å². The number of unbranched alkanes of at least 4 members (excludes halogenated alkanes) is 16. The Kier molecular flexibility index (Phi) is 22.6. The molecule has 0 atom stereocenters. The third kappa shape index (κ3) is 21.0. The SMILES string of the molecule is C[PH+](C)CCCCCCCCCCCCCCCCCCCc1ccccc1.[Cl-]. The maximum atomic E-state index is 2.44. The molecule has 1 rings (SSSR count). The van der Waals surface area contributed by atoms with Crippen molar-refractivity contribution in [2.24, 2.45) is 0 Å². The average molecular weight is 441 g/mol. The summed E-state index contributed by atoms with van der Waals surface area (Å²) in [6, 6.07) is 10.9. The van der Waals surface area contributed by atoms with Gasteiger partial charge in [0.2, 0.25) is 0 Å². The molecule has 2 heteroatoms. The van der Waals surface area contributed by atoms with Crippen molar-refractivity contribution in [1.82, 2.24) is 0 Å². The Morgan fingerprint density at radius 3 is 1.21 bits per heavy atom. The number of benzene rings is 1. The molecule has 0 fully saturated rings. The zero-order chi connectivity index (χ0) is 20.1. The van der Waals surface area contributed by atoms with Crippen molar-refractivity contribution >= 4 is 7.92 Å². The second-order valence-corrected chi connectivity index (χ2v) is 12.1. The Bertz CT molecular complexity index is 418. The van der Waals surface area contributed by atoms with Crippen LogP contribution in [-0.2, 0) is 6.42 Å². The van der Waals surface area contributed by atoms with Crippen molar-refractivity contribution in [3.63, 3.8) is 0 Å². The molecule has 170 valence electrons. The van der Waals surface area contributed by atoms with Gasteiger partial charge in [0.15, 0.2) is 0 Å². The van der Waals surface area contributed by atoms with Gasteiger partial charge in [-0.05, 0) is 39.2 Å². The normalized spacial score (nSPS) is 11.0. The lowest BCUT2D eigenvalue weighted by Gasteiger charge is -2.04. The third-order valence-corrected chi connectivity index (χ3v) is 7.34. The average Bonchev–Trinajstić information content (AvgIpc) is 2.70. The van der Waals surface area contributed by atoms with Gasteiger partial charge >= 0.3 is 0 Å². The van der Waals surface area contributed by atoms with Gasteiger partial charge in [0.05, 0.1) is 6.16 Å². The molecule has 0 nitrogen and oxygen atoms in total. The smallest absolute Gasteiger partial charge is 0.0566 e. The van der Waals surface area contributed by atoms with Crippen LogP contribution in [0.2, 0.25) is 0 Å². The van der Waals surface area contributed by atoms with E-state index in [-0.39, 0.29) is 20.3 Å². The summed E-state index contributed by atoms with van der Waals surface area (Å²) in [6.45, 7) is 4.89. The largest absolute Gasteiger partial charge is 1.00 e. The molecule has 0 aliphatic carbocycles. The first-order valence-corrected chi connectivity index (χ1v) is 15.3. The van der Waals surface area contributed by atoms with Gasteiger partial charge in [0, 0.05) is 13.3 Å². The number of halogens is 1. The number of rotatable bonds is 20. The maximum absolute atomic E-state index is 2.44. The first-order valence-electron chi connectivity index (χ1n) is 12.6. The third-order valence-electron chi connectivity index (χ3n) is 5.99. The lowest BCUT2D eigenvalue weighted by Crippen LogP contribution is -3.00. The predicted octanol–water partition coefficient (Wildman–Crippen LogP) is 6.34. The Labute approximate surface area is 191 Å². The highest BCUT2D eigenvalue weighted by atomic mass is 35.5. The van der Waals surface area contributed by atoms with Crippen LogP contribution in [-0.4, -0.2) is 19.5 Å². The van der Waals surface area contributed by atoms with Crippen LogP contribution in [0.5, 0.6) is 0 Å². The van der Waals surface area contributed by atoms with E-state index in [0.717, 1.165) is 0 Å². The second-order valence-electron chi connectivity index (χ2n) is 9.20. The lowest BCUT2D eigenvalue weighted by molar-refractivity contribution is -0.00000615. The van der Waals surface area contributed by atoms with Crippen LogP contribution in [0.1, 0.15) is 115 Å². The van der Waals surface area contributed by atoms with Gasteiger partial charge in [-0.3, -0.25) is 0 Å². The zero-order valence-corrected chi connectivity index (χ0v) is 21.5. The van der Waals surface area contributed by atoms with E-state index in [1.165, 1.54) is 127 Å². The van der Waals surface area contributed by atoms with Gasteiger partial charge in [-0.2, -0.15) is 0 Å². The van der Waals surface area contributed by atoms with Crippen LogP contribution in [0.25, 0.3) is 0 Å². The summed E-state index contributed by atoms with van der Waals surface area (Å²) in [6.07, 6.45) is 27.7. The van der Waals surface area contributed by atoms with Crippen LogP contribution >= 0.6 is 7.92 Å². The number of hydrogen-bond acceptors (Lipinski definition) is 0. The van der Waals surface area contributed by atoms with Crippen LogP contribution < -0.4 is 12.4 Å². The fraction of sp³-hybridized carbons (Fsp3) is 0.778. The van der Waals surface area contributed by atoms with E-state index in [1.54, 1.807) is 0 Å². The molecule has 1 aromatic rings. The minimum atomic E-state index is 0. The van der Waals surface area contributed by atoms with E-state index in [2.05, 4.69) is 43.7 Å². The van der Waals surface area contributed by atoms with Gasteiger partial charge < -0.3 is 12.4 Å². The number of aryl methyl sites for hydroxylation is 1. The highest BCUT2D eigenvalue weighted by Gasteiger charge is 1.99. The molecule has 0 aliphatic rings. The molecule has 0 aliphatic heterocycles. The summed E-state index contributed by atoms with van der Waals surface area (Å²) in [5, 5.41) is 0. The zero-order valence-electron chi connectivity index (χ0n) is 19.7. The molecular weight excluding hydrogens is 391 g/mol. The lowest BCUT2D eigenvalue weighted by atomic mass is 10.0. The fourth-order valence-electron chi connectivity index (χ4n) is 4.10. The van der Waals surface area contributed by atoms with Gasteiger partial charge in [-0.15, -0.1) is 0 Å². The Hall–Kier alpha value is -0.0600. The van der Waals surface area contributed by atoms with Crippen LogP contribution in [0.4, 0.5) is 0 Å². The molecule has 0 unspecified atom stereocenters. The maximum Gasteiger partial charge on any atom is 0.0566 e. The summed E-state index contributed by atoms with van der Waals surface area (Å²) in [4.78, 5) is 0. The van der Waals surface area contributed by atoms with E-state index in [1.807, 2.05) is 0 Å². The molecule has 0 spiro atoms. The quantitative estimate of drug-likeness (QED) is 0.164. The highest BCUT2D eigenvalue weighted by molar-refractivity contribution is 7.55. The molecule has 0 radical (unpaired) electrons. The summed E-state index contributed by atoms with van der Waals surface area (Å²) in [5.41, 5.74) is 1.50. The fourth-order valence-corrected chi connectivity index (χ4v) is 5.06. The molecule has 29 heavy (non-hydrogen) atoms. The minimum absolute atomic E-state index is 0. The van der Waals surface area contributed by atoms with E-state index >= 15 is 0 Å². The van der Waals surface area contributed by atoms with Crippen LogP contribution in [0, 0.1) is 0 Å². The minimum Gasteiger partial charge on any atom is -1.00 e. The Balaban J connectivity index is 0.00000784. The van der Waals surface area contributed by atoms with Crippen molar-refractivity contribution in [2.45, 2.75) is 116 Å². The molecule has 0 heterocycles. The Morgan fingerprint density at radius 2 is 0.828 bits per heavy atom. The molecular formula is C27H50ClP. The molecule has 0 saturated heterocycles.